The van der Waals surface area contributed by atoms with Crippen molar-refractivity contribution < 1.29 is 17.4 Å². The van der Waals surface area contributed by atoms with Crippen LogP contribution in [0.1, 0.15) is 33.1 Å². The summed E-state index contributed by atoms with van der Waals surface area (Å²) in [5.74, 6) is 0.223. The second-order valence-corrected chi connectivity index (χ2v) is 6.77. The highest BCUT2D eigenvalue weighted by molar-refractivity contribution is 7.86. The molecule has 0 amide bonds. The number of carbonyl (C=O) groups is 1. The molecule has 0 N–H and O–H groups in total. The van der Waals surface area contributed by atoms with Crippen LogP contribution in [0, 0.1) is 11.3 Å². The van der Waals surface area contributed by atoms with Gasteiger partial charge in [0.05, 0.1) is 6.26 Å². The van der Waals surface area contributed by atoms with Gasteiger partial charge in [0.25, 0.3) is 10.1 Å². The SMILES string of the molecule is CC1(C)C2CC[C@@]1(OS(C)(=O)=O)C(=O)C2. The third kappa shape index (κ3) is 1.36. The maximum Gasteiger partial charge on any atom is 0.265 e. The van der Waals surface area contributed by atoms with Gasteiger partial charge < -0.3 is 0 Å². The van der Waals surface area contributed by atoms with Crippen molar-refractivity contribution in [1.82, 2.24) is 0 Å². The number of fused-ring (bicyclic) bond motifs is 2. The summed E-state index contributed by atoms with van der Waals surface area (Å²) in [5.41, 5.74) is -1.43. The lowest BCUT2D eigenvalue weighted by Gasteiger charge is -2.34. The number of hydrogen-bond acceptors (Lipinski definition) is 4. The molecule has 15 heavy (non-hydrogen) atoms. The second kappa shape index (κ2) is 2.83. The smallest absolute Gasteiger partial charge is 0.265 e. The molecule has 0 aliphatic heterocycles. The van der Waals surface area contributed by atoms with Gasteiger partial charge in [0, 0.05) is 11.8 Å². The topological polar surface area (TPSA) is 60.4 Å². The van der Waals surface area contributed by atoms with E-state index in [0.717, 1.165) is 12.7 Å². The van der Waals surface area contributed by atoms with Gasteiger partial charge in [-0.1, -0.05) is 13.8 Å². The van der Waals surface area contributed by atoms with Crippen molar-refractivity contribution in [2.24, 2.45) is 11.3 Å². The summed E-state index contributed by atoms with van der Waals surface area (Å²) >= 11 is 0. The van der Waals surface area contributed by atoms with E-state index in [9.17, 15) is 13.2 Å². The van der Waals surface area contributed by atoms with Crippen molar-refractivity contribution in [3.05, 3.63) is 0 Å². The normalized spacial score (nSPS) is 38.6. The molecule has 2 rings (SSSR count). The van der Waals surface area contributed by atoms with Gasteiger partial charge in [-0.15, -0.1) is 0 Å². The second-order valence-electron chi connectivity index (χ2n) is 5.20. The molecule has 2 fully saturated rings. The van der Waals surface area contributed by atoms with Crippen molar-refractivity contribution in [3.63, 3.8) is 0 Å². The Kier molecular flexibility index (Phi) is 2.09. The molecule has 2 saturated carbocycles. The largest absolute Gasteiger partial charge is 0.296 e. The fourth-order valence-corrected chi connectivity index (χ4v) is 4.00. The first-order valence-electron chi connectivity index (χ1n) is 5.13. The van der Waals surface area contributed by atoms with Gasteiger partial charge >= 0.3 is 0 Å². The number of carbonyl (C=O) groups excluding carboxylic acids is 1. The van der Waals surface area contributed by atoms with Crippen molar-refractivity contribution in [3.8, 4) is 0 Å². The molecule has 1 unspecified atom stereocenters. The van der Waals surface area contributed by atoms with Gasteiger partial charge in [0.1, 0.15) is 0 Å². The lowest BCUT2D eigenvalue weighted by atomic mass is 9.79. The first-order valence-corrected chi connectivity index (χ1v) is 6.95. The van der Waals surface area contributed by atoms with E-state index in [2.05, 4.69) is 0 Å². The summed E-state index contributed by atoms with van der Waals surface area (Å²) in [4.78, 5) is 11.9. The minimum Gasteiger partial charge on any atom is -0.296 e. The standard InChI is InChI=1S/C10H16O4S/c1-9(2)7-4-5-10(9,8(11)6-7)14-15(3,12)13/h7H,4-6H2,1-3H3/t7?,10-/m1/s1. The summed E-state index contributed by atoms with van der Waals surface area (Å²) in [6, 6.07) is 0. The van der Waals surface area contributed by atoms with E-state index in [0.29, 0.717) is 12.8 Å². The molecule has 0 spiro atoms. The third-order valence-corrected chi connectivity index (χ3v) is 4.67. The molecule has 86 valence electrons. The molecular weight excluding hydrogens is 216 g/mol. The molecular formula is C10H16O4S. The van der Waals surface area contributed by atoms with Crippen LogP contribution in [0.3, 0.4) is 0 Å². The maximum atomic E-state index is 11.9. The van der Waals surface area contributed by atoms with Crippen molar-refractivity contribution in [2.45, 2.75) is 38.7 Å². The van der Waals surface area contributed by atoms with Gasteiger partial charge in [-0.2, -0.15) is 8.42 Å². The first-order chi connectivity index (χ1) is 6.69. The van der Waals surface area contributed by atoms with E-state index in [1.807, 2.05) is 13.8 Å². The van der Waals surface area contributed by atoms with Crippen molar-refractivity contribution >= 4 is 15.9 Å². The van der Waals surface area contributed by atoms with Crippen molar-refractivity contribution in [2.75, 3.05) is 6.26 Å². The molecule has 0 aromatic heterocycles. The van der Waals surface area contributed by atoms with Crippen LogP contribution in [0.15, 0.2) is 0 Å². The molecule has 0 saturated heterocycles. The van der Waals surface area contributed by atoms with Crippen LogP contribution in [-0.4, -0.2) is 26.1 Å². The highest BCUT2D eigenvalue weighted by atomic mass is 32.2. The van der Waals surface area contributed by atoms with Gasteiger partial charge in [0.2, 0.25) is 0 Å². The van der Waals surface area contributed by atoms with Crippen LogP contribution in [0.25, 0.3) is 0 Å². The fourth-order valence-electron chi connectivity index (χ4n) is 3.09. The Balaban J connectivity index is 2.45. The highest BCUT2D eigenvalue weighted by Gasteiger charge is 2.66. The van der Waals surface area contributed by atoms with Crippen molar-refractivity contribution in [1.29, 1.82) is 0 Å². The van der Waals surface area contributed by atoms with E-state index in [1.54, 1.807) is 0 Å². The van der Waals surface area contributed by atoms with Gasteiger partial charge in [0.15, 0.2) is 11.4 Å². The third-order valence-electron chi connectivity index (χ3n) is 4.08. The number of Topliss-reactive ketones (excluding diaryl/α,β-unsaturated/α-hetero) is 1. The average Bonchev–Trinajstić information content (AvgIpc) is 2.34. The highest BCUT2D eigenvalue weighted by Crippen LogP contribution is 2.60. The monoisotopic (exact) mass is 232 g/mol. The molecule has 0 aromatic rings. The maximum absolute atomic E-state index is 11.9. The molecule has 5 heteroatoms. The van der Waals surface area contributed by atoms with E-state index >= 15 is 0 Å². The molecule has 2 atom stereocenters. The van der Waals surface area contributed by atoms with Crippen LogP contribution < -0.4 is 0 Å². The molecule has 0 heterocycles. The van der Waals surface area contributed by atoms with Gasteiger partial charge in [-0.3, -0.25) is 8.98 Å². The molecule has 0 radical (unpaired) electrons. The summed E-state index contributed by atoms with van der Waals surface area (Å²) in [7, 11) is -3.58. The number of ketones is 1. The minimum atomic E-state index is -3.58. The first kappa shape index (κ1) is 11.1. The zero-order valence-corrected chi connectivity index (χ0v) is 10.1. The van der Waals surface area contributed by atoms with Crippen LogP contribution in [-0.2, 0) is 19.1 Å². The quantitative estimate of drug-likeness (QED) is 0.669. The Morgan fingerprint density at radius 3 is 2.33 bits per heavy atom. The van der Waals surface area contributed by atoms with E-state index in [1.165, 1.54) is 0 Å². The zero-order valence-electron chi connectivity index (χ0n) is 9.24. The Bertz CT molecular complexity index is 409. The Labute approximate surface area is 90.1 Å². The number of hydrogen-bond donors (Lipinski definition) is 0. The van der Waals surface area contributed by atoms with Gasteiger partial charge in [-0.25, -0.2) is 0 Å². The molecule has 2 aliphatic rings. The van der Waals surface area contributed by atoms with Gasteiger partial charge in [-0.05, 0) is 18.8 Å². The molecule has 2 aliphatic carbocycles. The summed E-state index contributed by atoms with van der Waals surface area (Å²) in [6.07, 6.45) is 2.89. The summed E-state index contributed by atoms with van der Waals surface area (Å²) in [5, 5.41) is 0. The Morgan fingerprint density at radius 1 is 1.40 bits per heavy atom. The molecule has 2 bridgehead atoms. The Morgan fingerprint density at radius 2 is 2.00 bits per heavy atom. The van der Waals surface area contributed by atoms with Crippen LogP contribution in [0.5, 0.6) is 0 Å². The zero-order chi connectivity index (χ0) is 11.5. The van der Waals surface area contributed by atoms with E-state index < -0.39 is 15.7 Å². The minimum absolute atomic E-state index is 0.0471. The lowest BCUT2D eigenvalue weighted by molar-refractivity contribution is -0.136. The van der Waals surface area contributed by atoms with E-state index in [4.69, 9.17) is 4.18 Å². The molecule has 4 nitrogen and oxygen atoms in total. The van der Waals surface area contributed by atoms with E-state index in [-0.39, 0.29) is 17.1 Å². The predicted molar refractivity (Wildman–Crippen MR) is 54.8 cm³/mol. The van der Waals surface area contributed by atoms with Crippen LogP contribution in [0.2, 0.25) is 0 Å². The average molecular weight is 232 g/mol. The lowest BCUT2D eigenvalue weighted by Crippen LogP contribution is -2.47. The summed E-state index contributed by atoms with van der Waals surface area (Å²) < 4.78 is 27.6. The predicted octanol–water partition coefficient (Wildman–Crippen LogP) is 1.11. The fraction of sp³-hybridized carbons (Fsp3) is 0.900. The Hall–Kier alpha value is -0.420. The van der Waals surface area contributed by atoms with Crippen LogP contribution in [0.4, 0.5) is 0 Å². The van der Waals surface area contributed by atoms with Crippen LogP contribution >= 0.6 is 0 Å². The molecule has 0 aromatic carbocycles. The number of rotatable bonds is 2. The summed E-state index contributed by atoms with van der Waals surface area (Å²) in [6.45, 7) is 3.86.